The van der Waals surface area contributed by atoms with E-state index in [-0.39, 0.29) is 6.04 Å². The minimum absolute atomic E-state index is 0.0318. The molecular formula is C13H23N3O5. The number of amides is 2. The molecule has 1 rings (SSSR count). The molecule has 8 nitrogen and oxygen atoms in total. The summed E-state index contributed by atoms with van der Waals surface area (Å²) in [6, 6.07) is -0.663. The van der Waals surface area contributed by atoms with E-state index in [1.807, 2.05) is 0 Å². The van der Waals surface area contributed by atoms with Gasteiger partial charge < -0.3 is 25.3 Å². The fraction of sp³-hybridized carbons (Fsp3) is 0.769. The molecule has 0 aromatic rings. The van der Waals surface area contributed by atoms with E-state index in [1.54, 1.807) is 0 Å². The highest BCUT2D eigenvalue weighted by Crippen LogP contribution is 2.11. The minimum Gasteiger partial charge on any atom is -0.480 e. The van der Waals surface area contributed by atoms with E-state index in [0.29, 0.717) is 0 Å². The first-order valence-electron chi connectivity index (χ1n) is 7.13. The molecule has 0 aliphatic carbocycles. The van der Waals surface area contributed by atoms with Gasteiger partial charge in [0.25, 0.3) is 0 Å². The molecule has 0 spiro atoms. The van der Waals surface area contributed by atoms with Crippen molar-refractivity contribution in [2.75, 3.05) is 32.7 Å². The third-order valence-electron chi connectivity index (χ3n) is 3.39. The normalized spacial score (nSPS) is 16.4. The van der Waals surface area contributed by atoms with Crippen molar-refractivity contribution in [3.63, 3.8) is 0 Å². The second-order valence-corrected chi connectivity index (χ2v) is 5.21. The molecule has 21 heavy (non-hydrogen) atoms. The Labute approximate surface area is 123 Å². The lowest BCUT2D eigenvalue weighted by molar-refractivity contribution is -0.140. The van der Waals surface area contributed by atoms with E-state index in [9.17, 15) is 14.4 Å². The molecule has 0 atom stereocenters. The van der Waals surface area contributed by atoms with Gasteiger partial charge in [-0.1, -0.05) is 6.92 Å². The zero-order chi connectivity index (χ0) is 15.8. The monoisotopic (exact) mass is 301 g/mol. The van der Waals surface area contributed by atoms with Gasteiger partial charge in [-0.05, 0) is 25.8 Å². The Kier molecular flexibility index (Phi) is 6.93. The van der Waals surface area contributed by atoms with Crippen molar-refractivity contribution in [3.8, 4) is 0 Å². The number of nitrogens with zero attached hydrogens (tertiary/aromatic N) is 2. The quantitative estimate of drug-likeness (QED) is 0.612. The summed E-state index contributed by atoms with van der Waals surface area (Å²) in [7, 11) is 0. The molecule has 0 aromatic heterocycles. The maximum absolute atomic E-state index is 12.0. The highest BCUT2D eigenvalue weighted by molar-refractivity contribution is 5.84. The average molecular weight is 301 g/mol. The van der Waals surface area contributed by atoms with E-state index in [0.717, 1.165) is 43.8 Å². The van der Waals surface area contributed by atoms with Gasteiger partial charge in [0, 0.05) is 19.1 Å². The van der Waals surface area contributed by atoms with Crippen LogP contribution in [0.1, 0.15) is 26.2 Å². The van der Waals surface area contributed by atoms with Gasteiger partial charge in [-0.25, -0.2) is 4.79 Å². The molecule has 0 bridgehead atoms. The van der Waals surface area contributed by atoms with Crippen LogP contribution in [-0.2, 0) is 9.59 Å². The summed E-state index contributed by atoms with van der Waals surface area (Å²) in [6.45, 7) is 3.68. The third kappa shape index (κ3) is 6.44. The van der Waals surface area contributed by atoms with Crippen molar-refractivity contribution in [3.05, 3.63) is 0 Å². The summed E-state index contributed by atoms with van der Waals surface area (Å²) in [5.74, 6) is -2.46. The SMILES string of the molecule is CCCN1CCC(NC(=O)N(CC(=O)O)CC(=O)O)CC1. The first-order chi connectivity index (χ1) is 9.92. The summed E-state index contributed by atoms with van der Waals surface area (Å²) in [4.78, 5) is 36.4. The minimum atomic E-state index is -1.23. The van der Waals surface area contributed by atoms with E-state index in [1.165, 1.54) is 0 Å². The van der Waals surface area contributed by atoms with Gasteiger partial charge in [-0.15, -0.1) is 0 Å². The number of carboxylic acid groups (broad SMARTS) is 2. The highest BCUT2D eigenvalue weighted by Gasteiger charge is 2.24. The molecule has 1 saturated heterocycles. The number of urea groups is 1. The molecule has 2 amide bonds. The van der Waals surface area contributed by atoms with Crippen LogP contribution in [0, 0.1) is 0 Å². The van der Waals surface area contributed by atoms with Crippen molar-refractivity contribution >= 4 is 18.0 Å². The summed E-state index contributed by atoms with van der Waals surface area (Å²) in [6.07, 6.45) is 2.67. The van der Waals surface area contributed by atoms with Crippen molar-refractivity contribution in [1.29, 1.82) is 0 Å². The smallest absolute Gasteiger partial charge is 0.323 e. The van der Waals surface area contributed by atoms with E-state index < -0.39 is 31.1 Å². The van der Waals surface area contributed by atoms with Crippen LogP contribution < -0.4 is 5.32 Å². The van der Waals surface area contributed by atoms with Crippen LogP contribution in [0.5, 0.6) is 0 Å². The first kappa shape index (κ1) is 17.2. The Hall–Kier alpha value is -1.83. The molecule has 0 radical (unpaired) electrons. The van der Waals surface area contributed by atoms with Crippen LogP contribution in [-0.4, -0.2) is 76.7 Å². The molecule has 3 N–H and O–H groups in total. The molecule has 1 aliphatic heterocycles. The molecule has 0 saturated carbocycles. The number of likely N-dealkylation sites (tertiary alicyclic amines) is 1. The van der Waals surface area contributed by atoms with E-state index in [2.05, 4.69) is 17.1 Å². The van der Waals surface area contributed by atoms with Crippen molar-refractivity contribution in [1.82, 2.24) is 15.1 Å². The second kappa shape index (κ2) is 8.46. The molecule has 0 unspecified atom stereocenters. The number of carboxylic acids is 2. The van der Waals surface area contributed by atoms with Crippen molar-refractivity contribution in [2.24, 2.45) is 0 Å². The predicted octanol–water partition coefficient (Wildman–Crippen LogP) is 0.0416. The fourth-order valence-corrected chi connectivity index (χ4v) is 2.41. The predicted molar refractivity (Wildman–Crippen MR) is 75.1 cm³/mol. The Morgan fingerprint density at radius 1 is 1.14 bits per heavy atom. The van der Waals surface area contributed by atoms with Gasteiger partial charge in [0.15, 0.2) is 0 Å². The van der Waals surface area contributed by atoms with Crippen LogP contribution in [0.15, 0.2) is 0 Å². The topological polar surface area (TPSA) is 110 Å². The number of hydrogen-bond acceptors (Lipinski definition) is 4. The van der Waals surface area contributed by atoms with Crippen molar-refractivity contribution < 1.29 is 24.6 Å². The van der Waals surface area contributed by atoms with Gasteiger partial charge in [-0.2, -0.15) is 0 Å². The zero-order valence-electron chi connectivity index (χ0n) is 12.2. The number of nitrogens with one attached hydrogen (secondary N) is 1. The van der Waals surface area contributed by atoms with Crippen LogP contribution in [0.4, 0.5) is 4.79 Å². The van der Waals surface area contributed by atoms with E-state index >= 15 is 0 Å². The summed E-state index contributed by atoms with van der Waals surface area (Å²) >= 11 is 0. The maximum atomic E-state index is 12.0. The molecule has 8 heteroatoms. The number of carbonyl (C=O) groups is 3. The Bertz CT molecular complexity index is 364. The third-order valence-corrected chi connectivity index (χ3v) is 3.39. The molecule has 0 aromatic carbocycles. The molecule has 1 heterocycles. The maximum Gasteiger partial charge on any atom is 0.323 e. The molecule has 120 valence electrons. The van der Waals surface area contributed by atoms with Crippen LogP contribution in [0.3, 0.4) is 0 Å². The second-order valence-electron chi connectivity index (χ2n) is 5.21. The Morgan fingerprint density at radius 3 is 2.10 bits per heavy atom. The fourth-order valence-electron chi connectivity index (χ4n) is 2.41. The van der Waals surface area contributed by atoms with Gasteiger partial charge in [0.2, 0.25) is 0 Å². The first-order valence-corrected chi connectivity index (χ1v) is 7.13. The van der Waals surface area contributed by atoms with Crippen LogP contribution in [0.2, 0.25) is 0 Å². The van der Waals surface area contributed by atoms with Gasteiger partial charge in [0.05, 0.1) is 0 Å². The van der Waals surface area contributed by atoms with Gasteiger partial charge in [-0.3, -0.25) is 9.59 Å². The molecular weight excluding hydrogens is 278 g/mol. The van der Waals surface area contributed by atoms with E-state index in [4.69, 9.17) is 10.2 Å². The lowest BCUT2D eigenvalue weighted by Gasteiger charge is -2.33. The molecule has 1 aliphatic rings. The van der Waals surface area contributed by atoms with Crippen molar-refractivity contribution in [2.45, 2.75) is 32.2 Å². The zero-order valence-corrected chi connectivity index (χ0v) is 12.2. The van der Waals surface area contributed by atoms with Crippen LogP contribution in [0.25, 0.3) is 0 Å². The summed E-state index contributed by atoms with van der Waals surface area (Å²) in [5, 5.41) is 20.2. The Balaban J connectivity index is 2.46. The lowest BCUT2D eigenvalue weighted by atomic mass is 10.1. The number of piperidine rings is 1. The average Bonchev–Trinajstić information content (AvgIpc) is 2.39. The molecule has 1 fully saturated rings. The van der Waals surface area contributed by atoms with Gasteiger partial charge >= 0.3 is 18.0 Å². The van der Waals surface area contributed by atoms with Crippen LogP contribution >= 0.6 is 0 Å². The van der Waals surface area contributed by atoms with Gasteiger partial charge in [0.1, 0.15) is 13.1 Å². The standard InChI is InChI=1S/C13H23N3O5/c1-2-5-15-6-3-10(4-7-15)14-13(21)16(8-11(17)18)9-12(19)20/h10H,2-9H2,1H3,(H,14,21)(H,17,18)(H,19,20). The summed E-state index contributed by atoms with van der Waals surface area (Å²) in [5.41, 5.74) is 0. The highest BCUT2D eigenvalue weighted by atomic mass is 16.4. The summed E-state index contributed by atoms with van der Waals surface area (Å²) < 4.78 is 0. The number of hydrogen-bond donors (Lipinski definition) is 3. The Morgan fingerprint density at radius 2 is 1.67 bits per heavy atom. The number of aliphatic carboxylic acids is 2. The number of carbonyl (C=O) groups excluding carboxylic acids is 1. The number of rotatable bonds is 7. The largest absolute Gasteiger partial charge is 0.480 e. The lowest BCUT2D eigenvalue weighted by Crippen LogP contribution is -2.51.